The number of nitrogens with one attached hydrogen (secondary N) is 1. The van der Waals surface area contributed by atoms with Crippen LogP contribution in [0.1, 0.15) is 46.6 Å². The minimum absolute atomic E-state index is 0.00195. The van der Waals surface area contributed by atoms with Gasteiger partial charge in [-0.2, -0.15) is 0 Å². The summed E-state index contributed by atoms with van der Waals surface area (Å²) in [7, 11) is 0. The second-order valence-electron chi connectivity index (χ2n) is 7.69. The second-order valence-corrected chi connectivity index (χ2v) is 7.69. The second kappa shape index (κ2) is 12.4. The molecule has 0 fully saturated rings. The third-order valence-electron chi connectivity index (χ3n) is 3.30. The van der Waals surface area contributed by atoms with Gasteiger partial charge in [0.2, 0.25) is 6.79 Å². The fraction of sp³-hybridized carbons (Fsp3) is 0.524. The maximum Gasteiger partial charge on any atom is 0.511 e. The van der Waals surface area contributed by atoms with Crippen LogP contribution in [0.25, 0.3) is 0 Å². The zero-order valence-electron chi connectivity index (χ0n) is 18.3. The molecule has 1 amide bonds. The van der Waals surface area contributed by atoms with E-state index in [0.717, 1.165) is 5.56 Å². The van der Waals surface area contributed by atoms with E-state index < -0.39 is 55.1 Å². The molecule has 0 bridgehead atoms. The molecular formula is C21H29NO9. The molecule has 0 aliphatic carbocycles. The highest BCUT2D eigenvalue weighted by Crippen LogP contribution is 2.09. The summed E-state index contributed by atoms with van der Waals surface area (Å²) in [6, 6.07) is 7.52. The van der Waals surface area contributed by atoms with Gasteiger partial charge in [0.15, 0.2) is 0 Å². The number of amides is 1. The maximum atomic E-state index is 12.3. The summed E-state index contributed by atoms with van der Waals surface area (Å²) in [5.41, 5.74) is -0.0667. The number of alkyl carbamates (subject to hydrolysis) is 1. The first-order valence-electron chi connectivity index (χ1n) is 9.65. The lowest BCUT2D eigenvalue weighted by atomic mass is 10.2. The molecule has 0 unspecified atom stereocenters. The Labute approximate surface area is 181 Å². The molecule has 172 valence electrons. The molecule has 10 nitrogen and oxygen atoms in total. The van der Waals surface area contributed by atoms with Gasteiger partial charge in [-0.25, -0.2) is 14.4 Å². The van der Waals surface area contributed by atoms with Gasteiger partial charge >= 0.3 is 24.2 Å². The van der Waals surface area contributed by atoms with Crippen LogP contribution in [-0.2, 0) is 39.9 Å². The van der Waals surface area contributed by atoms with Crippen molar-refractivity contribution in [2.24, 2.45) is 0 Å². The van der Waals surface area contributed by atoms with Crippen molar-refractivity contribution in [3.05, 3.63) is 35.9 Å². The summed E-state index contributed by atoms with van der Waals surface area (Å²) in [4.78, 5) is 47.9. The Morgan fingerprint density at radius 1 is 0.968 bits per heavy atom. The number of hydrogen-bond donors (Lipinski definition) is 1. The van der Waals surface area contributed by atoms with Crippen molar-refractivity contribution in [2.45, 2.75) is 65.4 Å². The van der Waals surface area contributed by atoms with Crippen LogP contribution in [0.2, 0.25) is 0 Å². The molecule has 0 saturated heterocycles. The van der Waals surface area contributed by atoms with E-state index in [1.165, 1.54) is 0 Å². The van der Waals surface area contributed by atoms with Crippen molar-refractivity contribution in [1.29, 1.82) is 0 Å². The van der Waals surface area contributed by atoms with Gasteiger partial charge in [0.05, 0.1) is 12.5 Å². The first kappa shape index (κ1) is 25.7. The molecule has 1 aromatic rings. The Balaban J connectivity index is 2.66. The standard InChI is InChI=1S/C21H29NO9/c1-14(2)30-20(26)29-13-28-18(24)16(22-19(25)31-21(3,4)5)11-17(23)27-12-15-9-7-6-8-10-15/h6-10,14,16H,11-13H2,1-5H3,(H,22,25)/t16-/m0/s1. The summed E-state index contributed by atoms with van der Waals surface area (Å²) < 4.78 is 24.4. The molecule has 0 saturated carbocycles. The molecule has 0 aromatic heterocycles. The zero-order valence-corrected chi connectivity index (χ0v) is 18.3. The molecule has 1 atom stereocenters. The van der Waals surface area contributed by atoms with Gasteiger partial charge in [0.25, 0.3) is 0 Å². The molecule has 0 aliphatic heterocycles. The molecule has 10 heteroatoms. The molecule has 1 rings (SSSR count). The summed E-state index contributed by atoms with van der Waals surface area (Å²) in [5, 5.41) is 2.26. The lowest BCUT2D eigenvalue weighted by Gasteiger charge is -2.22. The van der Waals surface area contributed by atoms with Gasteiger partial charge < -0.3 is 29.0 Å². The van der Waals surface area contributed by atoms with Crippen LogP contribution in [-0.4, -0.2) is 48.7 Å². The highest BCUT2D eigenvalue weighted by atomic mass is 16.8. The van der Waals surface area contributed by atoms with Gasteiger partial charge in [0, 0.05) is 0 Å². The Hall–Kier alpha value is -3.30. The minimum atomic E-state index is -1.41. The Bertz CT molecular complexity index is 741. The number of ether oxygens (including phenoxy) is 5. The van der Waals surface area contributed by atoms with Crippen molar-refractivity contribution < 1.29 is 42.9 Å². The predicted molar refractivity (Wildman–Crippen MR) is 108 cm³/mol. The molecule has 0 spiro atoms. The first-order valence-corrected chi connectivity index (χ1v) is 9.65. The van der Waals surface area contributed by atoms with Crippen LogP contribution < -0.4 is 5.32 Å². The van der Waals surface area contributed by atoms with Crippen LogP contribution in [0.4, 0.5) is 9.59 Å². The molecule has 1 N–H and O–H groups in total. The molecule has 1 aromatic carbocycles. The van der Waals surface area contributed by atoms with Crippen molar-refractivity contribution in [1.82, 2.24) is 5.32 Å². The van der Waals surface area contributed by atoms with Crippen LogP contribution >= 0.6 is 0 Å². The highest BCUT2D eigenvalue weighted by molar-refractivity contribution is 5.86. The monoisotopic (exact) mass is 439 g/mol. The van der Waals surface area contributed by atoms with Gasteiger partial charge in [-0.1, -0.05) is 30.3 Å². The van der Waals surface area contributed by atoms with Gasteiger partial charge in [-0.3, -0.25) is 4.79 Å². The van der Waals surface area contributed by atoms with E-state index in [2.05, 4.69) is 10.1 Å². The number of carbonyl (C=O) groups is 4. The Morgan fingerprint density at radius 3 is 2.19 bits per heavy atom. The van der Waals surface area contributed by atoms with E-state index in [9.17, 15) is 19.2 Å². The highest BCUT2D eigenvalue weighted by Gasteiger charge is 2.29. The quantitative estimate of drug-likeness (QED) is 0.351. The van der Waals surface area contributed by atoms with Gasteiger partial charge in [0.1, 0.15) is 18.2 Å². The number of benzene rings is 1. The van der Waals surface area contributed by atoms with Crippen molar-refractivity contribution >= 4 is 24.2 Å². The normalized spacial score (nSPS) is 11.8. The lowest BCUT2D eigenvalue weighted by Crippen LogP contribution is -2.45. The number of hydrogen-bond acceptors (Lipinski definition) is 9. The smallest absolute Gasteiger partial charge is 0.461 e. The maximum absolute atomic E-state index is 12.3. The lowest BCUT2D eigenvalue weighted by molar-refractivity contribution is -0.160. The largest absolute Gasteiger partial charge is 0.511 e. The topological polar surface area (TPSA) is 126 Å². The Kier molecular flexibility index (Phi) is 10.3. The summed E-state index contributed by atoms with van der Waals surface area (Å²) in [5.74, 6) is -1.76. The molecule has 0 aliphatic rings. The van der Waals surface area contributed by atoms with E-state index in [0.29, 0.717) is 0 Å². The van der Waals surface area contributed by atoms with E-state index in [4.69, 9.17) is 18.9 Å². The number of rotatable bonds is 9. The van der Waals surface area contributed by atoms with E-state index in [1.54, 1.807) is 58.9 Å². The third kappa shape index (κ3) is 12.1. The van der Waals surface area contributed by atoms with E-state index in [1.807, 2.05) is 6.07 Å². The summed E-state index contributed by atoms with van der Waals surface area (Å²) in [6.45, 7) is 7.41. The Morgan fingerprint density at radius 2 is 1.61 bits per heavy atom. The predicted octanol–water partition coefficient (Wildman–Crippen LogP) is 3.08. The average Bonchev–Trinajstić information content (AvgIpc) is 2.64. The van der Waals surface area contributed by atoms with Crippen molar-refractivity contribution in [3.63, 3.8) is 0 Å². The number of carbonyl (C=O) groups excluding carboxylic acids is 4. The van der Waals surface area contributed by atoms with Crippen LogP contribution in [0.15, 0.2) is 30.3 Å². The number of esters is 2. The zero-order chi connectivity index (χ0) is 23.4. The molecule has 0 heterocycles. The van der Waals surface area contributed by atoms with Gasteiger partial charge in [-0.05, 0) is 40.2 Å². The molecular weight excluding hydrogens is 410 g/mol. The van der Waals surface area contributed by atoms with Crippen LogP contribution in [0.3, 0.4) is 0 Å². The fourth-order valence-electron chi connectivity index (χ4n) is 2.07. The minimum Gasteiger partial charge on any atom is -0.461 e. The van der Waals surface area contributed by atoms with E-state index in [-0.39, 0.29) is 6.61 Å². The fourth-order valence-corrected chi connectivity index (χ4v) is 2.07. The summed E-state index contributed by atoms with van der Waals surface area (Å²) >= 11 is 0. The molecule has 31 heavy (non-hydrogen) atoms. The third-order valence-corrected chi connectivity index (χ3v) is 3.30. The molecule has 0 radical (unpaired) electrons. The van der Waals surface area contributed by atoms with Crippen molar-refractivity contribution in [3.8, 4) is 0 Å². The average molecular weight is 439 g/mol. The SMILES string of the molecule is CC(C)OC(=O)OCOC(=O)[C@H](CC(=O)OCc1ccccc1)NC(=O)OC(C)(C)C. The van der Waals surface area contributed by atoms with Crippen LogP contribution in [0, 0.1) is 0 Å². The summed E-state index contributed by atoms with van der Waals surface area (Å²) in [6.07, 6.45) is -2.88. The van der Waals surface area contributed by atoms with Crippen LogP contribution in [0.5, 0.6) is 0 Å². The van der Waals surface area contributed by atoms with Crippen molar-refractivity contribution in [2.75, 3.05) is 6.79 Å². The van der Waals surface area contributed by atoms with Gasteiger partial charge in [-0.15, -0.1) is 0 Å². The first-order chi connectivity index (χ1) is 14.5. The van der Waals surface area contributed by atoms with E-state index >= 15 is 0 Å².